The van der Waals surface area contributed by atoms with Gasteiger partial charge in [0.05, 0.1) is 17.6 Å². The molecule has 0 amide bonds. The van der Waals surface area contributed by atoms with Crippen molar-refractivity contribution in [1.29, 1.82) is 0 Å². The van der Waals surface area contributed by atoms with Gasteiger partial charge in [-0.15, -0.1) is 0 Å². The molecule has 0 radical (unpaired) electrons. The standard InChI is InChI=1S/C11H13Br2NO3S/c12-7-10-8-14(5-6-17-10)18(15,16)11-3-1-9(13)2-4-11/h1-4,10H,5-8H2. The van der Waals surface area contributed by atoms with E-state index >= 15 is 0 Å². The highest BCUT2D eigenvalue weighted by molar-refractivity contribution is 9.10. The van der Waals surface area contributed by atoms with Crippen LogP contribution in [0.4, 0.5) is 0 Å². The molecule has 1 heterocycles. The highest BCUT2D eigenvalue weighted by Gasteiger charge is 2.30. The van der Waals surface area contributed by atoms with E-state index in [-0.39, 0.29) is 6.10 Å². The molecule has 1 aliphatic heterocycles. The molecule has 1 unspecified atom stereocenters. The fourth-order valence-corrected chi connectivity index (χ4v) is 3.87. The summed E-state index contributed by atoms with van der Waals surface area (Å²) in [5.41, 5.74) is 0. The van der Waals surface area contributed by atoms with Gasteiger partial charge in [0.1, 0.15) is 0 Å². The quantitative estimate of drug-likeness (QED) is 0.733. The van der Waals surface area contributed by atoms with E-state index in [9.17, 15) is 8.42 Å². The lowest BCUT2D eigenvalue weighted by atomic mass is 10.3. The second-order valence-electron chi connectivity index (χ2n) is 3.96. The molecule has 0 bridgehead atoms. The van der Waals surface area contributed by atoms with Crippen LogP contribution in [-0.4, -0.2) is 43.9 Å². The number of morpholine rings is 1. The van der Waals surface area contributed by atoms with Crippen LogP contribution in [0.15, 0.2) is 33.6 Å². The molecule has 1 aromatic carbocycles. The number of hydrogen-bond donors (Lipinski definition) is 0. The lowest BCUT2D eigenvalue weighted by Gasteiger charge is -2.31. The SMILES string of the molecule is O=S(=O)(c1ccc(Br)cc1)N1CCOC(CBr)C1. The van der Waals surface area contributed by atoms with E-state index in [0.717, 1.165) is 4.47 Å². The van der Waals surface area contributed by atoms with Crippen molar-refractivity contribution in [2.24, 2.45) is 0 Å². The number of benzene rings is 1. The second kappa shape index (κ2) is 6.00. The summed E-state index contributed by atoms with van der Waals surface area (Å²) in [7, 11) is -3.41. The van der Waals surface area contributed by atoms with Gasteiger partial charge < -0.3 is 4.74 Å². The van der Waals surface area contributed by atoms with Crippen molar-refractivity contribution in [1.82, 2.24) is 4.31 Å². The maximum atomic E-state index is 12.4. The molecule has 1 aromatic rings. The fraction of sp³-hybridized carbons (Fsp3) is 0.455. The van der Waals surface area contributed by atoms with Crippen LogP contribution in [0.5, 0.6) is 0 Å². The topological polar surface area (TPSA) is 46.6 Å². The molecular formula is C11H13Br2NO3S. The first-order valence-corrected chi connectivity index (χ1v) is 8.83. The Kier molecular flexibility index (Phi) is 4.82. The molecule has 1 aliphatic rings. The van der Waals surface area contributed by atoms with E-state index in [4.69, 9.17) is 4.74 Å². The molecule has 0 saturated carbocycles. The molecule has 100 valence electrons. The van der Waals surface area contributed by atoms with Gasteiger partial charge in [0, 0.05) is 22.9 Å². The van der Waals surface area contributed by atoms with E-state index < -0.39 is 10.0 Å². The van der Waals surface area contributed by atoms with Gasteiger partial charge in [-0.05, 0) is 24.3 Å². The van der Waals surface area contributed by atoms with Gasteiger partial charge >= 0.3 is 0 Å². The lowest BCUT2D eigenvalue weighted by molar-refractivity contribution is 0.0136. The molecule has 0 aliphatic carbocycles. The van der Waals surface area contributed by atoms with Crippen LogP contribution >= 0.6 is 31.9 Å². The largest absolute Gasteiger partial charge is 0.375 e. The Bertz CT molecular complexity index is 504. The average Bonchev–Trinajstić information content (AvgIpc) is 2.39. The van der Waals surface area contributed by atoms with E-state index in [1.807, 2.05) is 0 Å². The monoisotopic (exact) mass is 397 g/mol. The summed E-state index contributed by atoms with van der Waals surface area (Å²) in [5, 5.41) is 0.638. The summed E-state index contributed by atoms with van der Waals surface area (Å²) in [6.45, 7) is 1.23. The summed E-state index contributed by atoms with van der Waals surface area (Å²) >= 11 is 6.61. The third kappa shape index (κ3) is 3.14. The number of ether oxygens (including phenoxy) is 1. The van der Waals surface area contributed by atoms with Crippen molar-refractivity contribution in [2.45, 2.75) is 11.0 Å². The Labute approximate surface area is 124 Å². The van der Waals surface area contributed by atoms with E-state index in [2.05, 4.69) is 31.9 Å². The first kappa shape index (κ1) is 14.5. The van der Waals surface area contributed by atoms with Gasteiger partial charge in [-0.2, -0.15) is 4.31 Å². The summed E-state index contributed by atoms with van der Waals surface area (Å²) in [4.78, 5) is 0.320. The normalized spacial score (nSPS) is 22.0. The van der Waals surface area contributed by atoms with Crippen LogP contribution in [0.3, 0.4) is 0 Å². The van der Waals surface area contributed by atoms with Crippen molar-refractivity contribution in [3.63, 3.8) is 0 Å². The smallest absolute Gasteiger partial charge is 0.243 e. The molecule has 0 N–H and O–H groups in total. The molecule has 18 heavy (non-hydrogen) atoms. The minimum atomic E-state index is -3.41. The van der Waals surface area contributed by atoms with Crippen LogP contribution in [0.2, 0.25) is 0 Å². The maximum Gasteiger partial charge on any atom is 0.243 e. The number of rotatable bonds is 3. The minimum Gasteiger partial charge on any atom is -0.375 e. The molecule has 1 fully saturated rings. The first-order chi connectivity index (χ1) is 8.54. The van der Waals surface area contributed by atoms with Gasteiger partial charge in [0.25, 0.3) is 0 Å². The van der Waals surface area contributed by atoms with Gasteiger partial charge in [0.15, 0.2) is 0 Å². The first-order valence-electron chi connectivity index (χ1n) is 5.47. The Morgan fingerprint density at radius 1 is 1.33 bits per heavy atom. The van der Waals surface area contributed by atoms with Gasteiger partial charge in [0.2, 0.25) is 10.0 Å². The molecule has 2 rings (SSSR count). The summed E-state index contributed by atoms with van der Waals surface area (Å²) < 4.78 is 32.6. The molecule has 7 heteroatoms. The molecule has 1 saturated heterocycles. The van der Waals surface area contributed by atoms with Gasteiger partial charge in [-0.25, -0.2) is 8.42 Å². The molecule has 0 aromatic heterocycles. The Morgan fingerprint density at radius 2 is 2.00 bits per heavy atom. The molecule has 4 nitrogen and oxygen atoms in total. The Hall–Kier alpha value is 0.0500. The maximum absolute atomic E-state index is 12.4. The van der Waals surface area contributed by atoms with Crippen LogP contribution in [0.1, 0.15) is 0 Å². The zero-order valence-corrected chi connectivity index (χ0v) is 13.5. The highest BCUT2D eigenvalue weighted by Crippen LogP contribution is 2.21. The van der Waals surface area contributed by atoms with Gasteiger partial charge in [-0.3, -0.25) is 0 Å². The average molecular weight is 399 g/mol. The van der Waals surface area contributed by atoms with Crippen molar-refractivity contribution >= 4 is 41.9 Å². The van der Waals surface area contributed by atoms with Crippen molar-refractivity contribution < 1.29 is 13.2 Å². The van der Waals surface area contributed by atoms with Crippen LogP contribution in [0.25, 0.3) is 0 Å². The third-order valence-corrected chi connectivity index (χ3v) is 5.86. The van der Waals surface area contributed by atoms with E-state index in [1.54, 1.807) is 24.3 Å². The van der Waals surface area contributed by atoms with Crippen molar-refractivity contribution in [3.8, 4) is 0 Å². The van der Waals surface area contributed by atoms with Crippen molar-refractivity contribution in [3.05, 3.63) is 28.7 Å². The molecule has 1 atom stereocenters. The zero-order chi connectivity index (χ0) is 13.2. The number of hydrogen-bond acceptors (Lipinski definition) is 3. The Morgan fingerprint density at radius 3 is 2.61 bits per heavy atom. The van der Waals surface area contributed by atoms with Crippen LogP contribution in [0, 0.1) is 0 Å². The summed E-state index contributed by atoms with van der Waals surface area (Å²) in [6.07, 6.45) is -0.0797. The fourth-order valence-electron chi connectivity index (χ4n) is 1.76. The summed E-state index contributed by atoms with van der Waals surface area (Å²) in [5.74, 6) is 0. The predicted molar refractivity (Wildman–Crippen MR) is 76.4 cm³/mol. The van der Waals surface area contributed by atoms with E-state index in [0.29, 0.717) is 29.9 Å². The molecular weight excluding hydrogens is 386 g/mol. The third-order valence-electron chi connectivity index (χ3n) is 2.73. The predicted octanol–water partition coefficient (Wildman–Crippen LogP) is 2.23. The Balaban J connectivity index is 2.22. The van der Waals surface area contributed by atoms with Crippen molar-refractivity contribution in [2.75, 3.05) is 25.0 Å². The number of nitrogens with zero attached hydrogens (tertiary/aromatic N) is 1. The van der Waals surface area contributed by atoms with Crippen LogP contribution < -0.4 is 0 Å². The number of alkyl halides is 1. The molecule has 0 spiro atoms. The van der Waals surface area contributed by atoms with Gasteiger partial charge in [-0.1, -0.05) is 31.9 Å². The highest BCUT2D eigenvalue weighted by atomic mass is 79.9. The second-order valence-corrected chi connectivity index (χ2v) is 7.47. The zero-order valence-electron chi connectivity index (χ0n) is 9.55. The van der Waals surface area contributed by atoms with Crippen LogP contribution in [-0.2, 0) is 14.8 Å². The lowest BCUT2D eigenvalue weighted by Crippen LogP contribution is -2.46. The minimum absolute atomic E-state index is 0.0797. The van der Waals surface area contributed by atoms with E-state index in [1.165, 1.54) is 4.31 Å². The number of sulfonamides is 1. The summed E-state index contributed by atoms with van der Waals surface area (Å²) in [6, 6.07) is 6.68. The number of halogens is 2.